The number of benzene rings is 8. The van der Waals surface area contributed by atoms with Crippen LogP contribution in [0.25, 0.3) is 99.2 Å². The summed E-state index contributed by atoms with van der Waals surface area (Å²) in [7, 11) is 0. The number of furan rings is 1. The molecule has 0 unspecified atom stereocenters. The predicted octanol–water partition coefficient (Wildman–Crippen LogP) is 14.4. The SMILES string of the molecule is CC(C)(C)c1ccc2c(c1)c1ccccc1n2-c1ccc(-c2ccc(-c3ccc(-n4c5ccccc5c5c6oc7ccccc7c6ccc54)cc3)cc2)cc1. The molecule has 0 spiro atoms. The molecule has 262 valence electrons. The maximum atomic E-state index is 6.49. The van der Waals surface area contributed by atoms with Crippen molar-refractivity contribution in [3.05, 3.63) is 181 Å². The molecule has 0 saturated carbocycles. The van der Waals surface area contributed by atoms with Gasteiger partial charge in [-0.25, -0.2) is 0 Å². The van der Waals surface area contributed by atoms with E-state index in [1.54, 1.807) is 0 Å². The van der Waals surface area contributed by atoms with Crippen LogP contribution in [0.4, 0.5) is 0 Å². The normalized spacial score (nSPS) is 12.3. The molecule has 8 aromatic carbocycles. The van der Waals surface area contributed by atoms with Crippen LogP contribution < -0.4 is 0 Å². The summed E-state index contributed by atoms with van der Waals surface area (Å²) in [6, 6.07) is 63.9. The number of fused-ring (bicyclic) bond motifs is 10. The first-order valence-electron chi connectivity index (χ1n) is 19.1. The summed E-state index contributed by atoms with van der Waals surface area (Å²) in [5, 5.41) is 7.24. The third-order valence-corrected chi connectivity index (χ3v) is 11.5. The van der Waals surface area contributed by atoms with Crippen molar-refractivity contribution in [2.45, 2.75) is 26.2 Å². The third-order valence-electron chi connectivity index (χ3n) is 11.5. The maximum Gasteiger partial charge on any atom is 0.145 e. The molecule has 0 radical (unpaired) electrons. The van der Waals surface area contributed by atoms with Crippen LogP contribution in [0.1, 0.15) is 26.3 Å². The lowest BCUT2D eigenvalue weighted by molar-refractivity contribution is 0.591. The molecule has 3 nitrogen and oxygen atoms in total. The standard InChI is InChI=1S/C52H38N2O/c1-52(2,3)37-24-30-47-44(32-37)40-10-4-7-13-45(40)53(47)38-25-20-35(21-26-38)33-16-18-34(19-17-33)36-22-27-39(28-23-36)54-46-14-8-5-12-43(46)50-48(54)31-29-42-41-11-6-9-15-49(41)55-51(42)50/h4-32H,1-3H3. The predicted molar refractivity (Wildman–Crippen MR) is 232 cm³/mol. The first kappa shape index (κ1) is 31.7. The van der Waals surface area contributed by atoms with E-state index in [1.807, 2.05) is 6.07 Å². The topological polar surface area (TPSA) is 23.0 Å². The van der Waals surface area contributed by atoms with Crippen molar-refractivity contribution in [2.24, 2.45) is 0 Å². The van der Waals surface area contributed by atoms with Crippen LogP contribution in [0.3, 0.4) is 0 Å². The quantitative estimate of drug-likeness (QED) is 0.179. The van der Waals surface area contributed by atoms with E-state index >= 15 is 0 Å². The Labute approximate surface area is 319 Å². The van der Waals surface area contributed by atoms with Crippen LogP contribution in [0.2, 0.25) is 0 Å². The van der Waals surface area contributed by atoms with Gasteiger partial charge < -0.3 is 13.6 Å². The largest absolute Gasteiger partial charge is 0.455 e. The van der Waals surface area contributed by atoms with Gasteiger partial charge in [-0.1, -0.05) is 130 Å². The Hall–Kier alpha value is -6.84. The van der Waals surface area contributed by atoms with E-state index in [9.17, 15) is 0 Å². The molecule has 0 saturated heterocycles. The molecule has 0 bridgehead atoms. The Morgan fingerprint density at radius 1 is 0.382 bits per heavy atom. The number of nitrogens with zero attached hydrogens (tertiary/aromatic N) is 2. The minimum Gasteiger partial charge on any atom is -0.455 e. The highest BCUT2D eigenvalue weighted by Crippen LogP contribution is 2.41. The molecule has 0 aliphatic rings. The van der Waals surface area contributed by atoms with Gasteiger partial charge in [0.1, 0.15) is 11.2 Å². The van der Waals surface area contributed by atoms with Crippen molar-refractivity contribution in [1.82, 2.24) is 9.13 Å². The second kappa shape index (κ2) is 11.8. The van der Waals surface area contributed by atoms with Gasteiger partial charge in [-0.3, -0.25) is 0 Å². The van der Waals surface area contributed by atoms with Crippen LogP contribution in [-0.2, 0) is 5.41 Å². The van der Waals surface area contributed by atoms with Crippen molar-refractivity contribution < 1.29 is 4.42 Å². The van der Waals surface area contributed by atoms with Gasteiger partial charge >= 0.3 is 0 Å². The second-order valence-corrected chi connectivity index (χ2v) is 15.8. The molecule has 0 N–H and O–H groups in total. The molecule has 3 heteroatoms. The number of rotatable bonds is 4. The molecule has 0 amide bonds. The summed E-state index contributed by atoms with van der Waals surface area (Å²) >= 11 is 0. The highest BCUT2D eigenvalue weighted by Gasteiger charge is 2.20. The number of hydrogen-bond donors (Lipinski definition) is 0. The van der Waals surface area contributed by atoms with E-state index in [1.165, 1.54) is 66.2 Å². The third kappa shape index (κ3) is 4.90. The van der Waals surface area contributed by atoms with Gasteiger partial charge in [0, 0.05) is 38.3 Å². The van der Waals surface area contributed by atoms with Gasteiger partial charge in [0.15, 0.2) is 0 Å². The average molecular weight is 707 g/mol. The molecule has 0 atom stereocenters. The van der Waals surface area contributed by atoms with Gasteiger partial charge in [0.05, 0.1) is 27.5 Å². The van der Waals surface area contributed by atoms with Crippen LogP contribution in [0.15, 0.2) is 180 Å². The average Bonchev–Trinajstić information content (AvgIpc) is 3.88. The van der Waals surface area contributed by atoms with Crippen LogP contribution in [0, 0.1) is 0 Å². The van der Waals surface area contributed by atoms with Crippen molar-refractivity contribution >= 4 is 65.6 Å². The lowest BCUT2D eigenvalue weighted by Crippen LogP contribution is -2.10. The molecule has 3 aromatic heterocycles. The zero-order valence-corrected chi connectivity index (χ0v) is 31.0. The fourth-order valence-electron chi connectivity index (χ4n) is 8.69. The van der Waals surface area contributed by atoms with E-state index in [0.717, 1.165) is 38.5 Å². The Bertz CT molecular complexity index is 3260. The molecule has 55 heavy (non-hydrogen) atoms. The van der Waals surface area contributed by atoms with E-state index in [4.69, 9.17) is 4.42 Å². The molecule has 11 aromatic rings. The molecule has 3 heterocycles. The molecule has 0 fully saturated rings. The van der Waals surface area contributed by atoms with Gasteiger partial charge in [-0.2, -0.15) is 0 Å². The highest BCUT2D eigenvalue weighted by molar-refractivity contribution is 6.23. The summed E-state index contributed by atoms with van der Waals surface area (Å²) in [5.74, 6) is 0. The van der Waals surface area contributed by atoms with E-state index in [0.29, 0.717) is 0 Å². The first-order valence-corrected chi connectivity index (χ1v) is 19.1. The maximum absolute atomic E-state index is 6.49. The van der Waals surface area contributed by atoms with Gasteiger partial charge in [0.25, 0.3) is 0 Å². The summed E-state index contributed by atoms with van der Waals surface area (Å²) in [6.07, 6.45) is 0. The molecule has 11 rings (SSSR count). The fraction of sp³-hybridized carbons (Fsp3) is 0.0769. The Kier molecular flexibility index (Phi) is 6.81. The van der Waals surface area contributed by atoms with E-state index < -0.39 is 0 Å². The number of para-hydroxylation sites is 3. The Morgan fingerprint density at radius 3 is 1.47 bits per heavy atom. The lowest BCUT2D eigenvalue weighted by Gasteiger charge is -2.19. The summed E-state index contributed by atoms with van der Waals surface area (Å²) in [4.78, 5) is 0. The smallest absolute Gasteiger partial charge is 0.145 e. The Balaban J connectivity index is 0.909. The minimum absolute atomic E-state index is 0.0937. The summed E-state index contributed by atoms with van der Waals surface area (Å²) < 4.78 is 11.2. The van der Waals surface area contributed by atoms with Crippen molar-refractivity contribution in [2.75, 3.05) is 0 Å². The van der Waals surface area contributed by atoms with E-state index in [2.05, 4.69) is 200 Å². The van der Waals surface area contributed by atoms with Gasteiger partial charge in [-0.15, -0.1) is 0 Å². The number of aromatic nitrogens is 2. The summed E-state index contributed by atoms with van der Waals surface area (Å²) in [5.41, 5.74) is 15.2. The minimum atomic E-state index is 0.0937. The van der Waals surface area contributed by atoms with Gasteiger partial charge in [-0.05, 0) is 100.0 Å². The van der Waals surface area contributed by atoms with Gasteiger partial charge in [0.2, 0.25) is 0 Å². The monoisotopic (exact) mass is 706 g/mol. The fourth-order valence-corrected chi connectivity index (χ4v) is 8.69. The Morgan fingerprint density at radius 2 is 0.855 bits per heavy atom. The first-order chi connectivity index (χ1) is 26.9. The van der Waals surface area contributed by atoms with E-state index in [-0.39, 0.29) is 5.41 Å². The highest BCUT2D eigenvalue weighted by atomic mass is 16.3. The van der Waals surface area contributed by atoms with Crippen LogP contribution in [-0.4, -0.2) is 9.13 Å². The van der Waals surface area contributed by atoms with Crippen molar-refractivity contribution in [3.8, 4) is 33.6 Å². The second-order valence-electron chi connectivity index (χ2n) is 15.8. The van der Waals surface area contributed by atoms with Crippen LogP contribution >= 0.6 is 0 Å². The zero-order valence-electron chi connectivity index (χ0n) is 31.0. The molecule has 0 aliphatic carbocycles. The molecular weight excluding hydrogens is 669 g/mol. The van der Waals surface area contributed by atoms with Crippen molar-refractivity contribution in [3.63, 3.8) is 0 Å². The van der Waals surface area contributed by atoms with Crippen LogP contribution in [0.5, 0.6) is 0 Å². The number of hydrogen-bond acceptors (Lipinski definition) is 1. The zero-order chi connectivity index (χ0) is 36.8. The van der Waals surface area contributed by atoms with Crippen molar-refractivity contribution in [1.29, 1.82) is 0 Å². The lowest BCUT2D eigenvalue weighted by atomic mass is 9.86. The summed E-state index contributed by atoms with van der Waals surface area (Å²) in [6.45, 7) is 6.84. The molecular formula is C52H38N2O. The molecule has 0 aliphatic heterocycles.